The second-order valence-electron chi connectivity index (χ2n) is 4.87. The van der Waals surface area contributed by atoms with Crippen LogP contribution in [0.1, 0.15) is 22.5 Å². The van der Waals surface area contributed by atoms with Gasteiger partial charge in [0.1, 0.15) is 5.82 Å². The fourth-order valence-electron chi connectivity index (χ4n) is 1.88. The quantitative estimate of drug-likeness (QED) is 0.819. The smallest absolute Gasteiger partial charge is 0.223 e. The molecule has 0 aliphatic heterocycles. The van der Waals surface area contributed by atoms with E-state index in [1.54, 1.807) is 6.20 Å². The molecule has 0 unspecified atom stereocenters. The van der Waals surface area contributed by atoms with Gasteiger partial charge in [0.2, 0.25) is 5.95 Å². The minimum atomic E-state index is 0.685. The lowest BCUT2D eigenvalue weighted by Crippen LogP contribution is -2.17. The van der Waals surface area contributed by atoms with E-state index in [1.807, 2.05) is 39.8 Å². The molecule has 0 bridgehead atoms. The second kappa shape index (κ2) is 6.32. The Balaban J connectivity index is 1.86. The first kappa shape index (κ1) is 14.2. The van der Waals surface area contributed by atoms with Crippen LogP contribution in [0.5, 0.6) is 0 Å². The summed E-state index contributed by atoms with van der Waals surface area (Å²) in [5, 5.41) is 6.53. The zero-order valence-electron chi connectivity index (χ0n) is 12.5. The maximum Gasteiger partial charge on any atom is 0.223 e. The third kappa shape index (κ3) is 3.44. The van der Waals surface area contributed by atoms with Crippen LogP contribution in [0.2, 0.25) is 0 Å². The molecule has 5 nitrogen and oxygen atoms in total. The SMILES string of the molecule is Cc1cccnc1NCCNc1nc(C)c(C)c(C)n1. The van der Waals surface area contributed by atoms with Crippen LogP contribution < -0.4 is 10.6 Å². The third-order valence-corrected chi connectivity index (χ3v) is 3.34. The molecule has 2 rings (SSSR count). The fourth-order valence-corrected chi connectivity index (χ4v) is 1.88. The topological polar surface area (TPSA) is 62.7 Å². The second-order valence-corrected chi connectivity index (χ2v) is 4.87. The van der Waals surface area contributed by atoms with Crippen molar-refractivity contribution in [2.45, 2.75) is 27.7 Å². The molecule has 106 valence electrons. The molecule has 0 radical (unpaired) electrons. The van der Waals surface area contributed by atoms with E-state index < -0.39 is 0 Å². The van der Waals surface area contributed by atoms with E-state index in [9.17, 15) is 0 Å². The Labute approximate surface area is 119 Å². The first-order chi connectivity index (χ1) is 9.58. The van der Waals surface area contributed by atoms with Crippen LogP contribution in [0.3, 0.4) is 0 Å². The molecule has 20 heavy (non-hydrogen) atoms. The van der Waals surface area contributed by atoms with Crippen molar-refractivity contribution in [3.8, 4) is 0 Å². The summed E-state index contributed by atoms with van der Waals surface area (Å²) in [4.78, 5) is 13.2. The summed E-state index contributed by atoms with van der Waals surface area (Å²) < 4.78 is 0. The Morgan fingerprint density at radius 1 is 0.950 bits per heavy atom. The summed E-state index contributed by atoms with van der Waals surface area (Å²) in [7, 11) is 0. The molecule has 0 aliphatic rings. The summed E-state index contributed by atoms with van der Waals surface area (Å²) in [5.74, 6) is 1.61. The Morgan fingerprint density at radius 2 is 1.60 bits per heavy atom. The summed E-state index contributed by atoms with van der Waals surface area (Å²) in [6.45, 7) is 9.61. The highest BCUT2D eigenvalue weighted by molar-refractivity contribution is 5.42. The van der Waals surface area contributed by atoms with Crippen molar-refractivity contribution >= 4 is 11.8 Å². The van der Waals surface area contributed by atoms with Crippen LogP contribution in [-0.2, 0) is 0 Å². The van der Waals surface area contributed by atoms with Crippen molar-refractivity contribution in [1.29, 1.82) is 0 Å². The highest BCUT2D eigenvalue weighted by Crippen LogP contribution is 2.11. The molecule has 0 saturated carbocycles. The van der Waals surface area contributed by atoms with E-state index in [4.69, 9.17) is 0 Å². The lowest BCUT2D eigenvalue weighted by Gasteiger charge is -2.11. The summed E-state index contributed by atoms with van der Waals surface area (Å²) >= 11 is 0. The van der Waals surface area contributed by atoms with Gasteiger partial charge in [-0.05, 0) is 44.9 Å². The third-order valence-electron chi connectivity index (χ3n) is 3.34. The van der Waals surface area contributed by atoms with E-state index in [1.165, 1.54) is 0 Å². The standard InChI is InChI=1S/C15H21N5/c1-10-6-5-7-16-14(10)17-8-9-18-15-19-12(3)11(2)13(4)20-15/h5-7H,8-9H2,1-4H3,(H,16,17)(H,18,19,20). The number of nitrogens with one attached hydrogen (secondary N) is 2. The Morgan fingerprint density at radius 3 is 2.25 bits per heavy atom. The van der Waals surface area contributed by atoms with Crippen molar-refractivity contribution < 1.29 is 0 Å². The zero-order valence-corrected chi connectivity index (χ0v) is 12.5. The average Bonchev–Trinajstić information content (AvgIpc) is 2.42. The lowest BCUT2D eigenvalue weighted by molar-refractivity contribution is 0.968. The summed E-state index contributed by atoms with van der Waals surface area (Å²) in [6.07, 6.45) is 1.79. The molecule has 0 spiro atoms. The number of anilines is 2. The van der Waals surface area contributed by atoms with Crippen LogP contribution in [0.25, 0.3) is 0 Å². The molecule has 5 heteroatoms. The van der Waals surface area contributed by atoms with Crippen molar-refractivity contribution in [3.63, 3.8) is 0 Å². The predicted octanol–water partition coefficient (Wildman–Crippen LogP) is 2.63. The van der Waals surface area contributed by atoms with Gasteiger partial charge in [0.05, 0.1) is 0 Å². The van der Waals surface area contributed by atoms with Gasteiger partial charge in [-0.25, -0.2) is 15.0 Å². The predicted molar refractivity (Wildman–Crippen MR) is 82.2 cm³/mol. The summed E-state index contributed by atoms with van der Waals surface area (Å²) in [6, 6.07) is 3.98. The molecule has 0 aromatic carbocycles. The Hall–Kier alpha value is -2.17. The monoisotopic (exact) mass is 271 g/mol. The molecular formula is C15H21N5. The molecule has 0 amide bonds. The minimum Gasteiger partial charge on any atom is -0.368 e. The number of aryl methyl sites for hydroxylation is 3. The van der Waals surface area contributed by atoms with Crippen LogP contribution >= 0.6 is 0 Å². The highest BCUT2D eigenvalue weighted by atomic mass is 15.1. The van der Waals surface area contributed by atoms with Crippen LogP contribution in [0.4, 0.5) is 11.8 Å². The number of aromatic nitrogens is 3. The minimum absolute atomic E-state index is 0.685. The Bertz CT molecular complexity index is 572. The molecule has 0 saturated heterocycles. The maximum atomic E-state index is 4.43. The average molecular weight is 271 g/mol. The molecule has 2 aromatic heterocycles. The van der Waals surface area contributed by atoms with Crippen molar-refractivity contribution in [1.82, 2.24) is 15.0 Å². The van der Waals surface area contributed by atoms with Gasteiger partial charge in [-0.2, -0.15) is 0 Å². The molecule has 2 N–H and O–H groups in total. The first-order valence-electron chi connectivity index (χ1n) is 6.79. The lowest BCUT2D eigenvalue weighted by atomic mass is 10.2. The van der Waals surface area contributed by atoms with E-state index in [0.29, 0.717) is 5.95 Å². The number of hydrogen-bond acceptors (Lipinski definition) is 5. The molecule has 0 aliphatic carbocycles. The number of rotatable bonds is 5. The van der Waals surface area contributed by atoms with Crippen molar-refractivity contribution in [2.75, 3.05) is 23.7 Å². The highest BCUT2D eigenvalue weighted by Gasteiger charge is 2.03. The molecule has 2 heterocycles. The van der Waals surface area contributed by atoms with Crippen LogP contribution in [0, 0.1) is 27.7 Å². The fraction of sp³-hybridized carbons (Fsp3) is 0.400. The van der Waals surface area contributed by atoms with Gasteiger partial charge >= 0.3 is 0 Å². The van der Waals surface area contributed by atoms with E-state index in [2.05, 4.69) is 25.6 Å². The van der Waals surface area contributed by atoms with Gasteiger partial charge in [0, 0.05) is 30.7 Å². The number of pyridine rings is 1. The van der Waals surface area contributed by atoms with Gasteiger partial charge in [-0.15, -0.1) is 0 Å². The molecule has 0 atom stereocenters. The van der Waals surface area contributed by atoms with Gasteiger partial charge in [-0.1, -0.05) is 6.07 Å². The van der Waals surface area contributed by atoms with E-state index in [0.717, 1.165) is 41.4 Å². The maximum absolute atomic E-state index is 4.43. The summed E-state index contributed by atoms with van der Waals surface area (Å²) in [5.41, 5.74) is 4.34. The normalized spacial score (nSPS) is 10.4. The van der Waals surface area contributed by atoms with Gasteiger partial charge in [0.15, 0.2) is 0 Å². The van der Waals surface area contributed by atoms with Gasteiger partial charge in [0.25, 0.3) is 0 Å². The van der Waals surface area contributed by atoms with Crippen molar-refractivity contribution in [2.24, 2.45) is 0 Å². The van der Waals surface area contributed by atoms with Crippen molar-refractivity contribution in [3.05, 3.63) is 40.8 Å². The number of hydrogen-bond donors (Lipinski definition) is 2. The zero-order chi connectivity index (χ0) is 14.5. The number of nitrogens with zero attached hydrogens (tertiary/aromatic N) is 3. The van der Waals surface area contributed by atoms with Gasteiger partial charge < -0.3 is 10.6 Å². The first-order valence-corrected chi connectivity index (χ1v) is 6.79. The van der Waals surface area contributed by atoms with E-state index in [-0.39, 0.29) is 0 Å². The largest absolute Gasteiger partial charge is 0.368 e. The molecule has 0 fully saturated rings. The molecule has 2 aromatic rings. The van der Waals surface area contributed by atoms with Gasteiger partial charge in [-0.3, -0.25) is 0 Å². The Kier molecular flexibility index (Phi) is 4.50. The van der Waals surface area contributed by atoms with Crippen LogP contribution in [0.15, 0.2) is 18.3 Å². The van der Waals surface area contributed by atoms with E-state index >= 15 is 0 Å². The molecular weight excluding hydrogens is 250 g/mol. The van der Waals surface area contributed by atoms with Crippen LogP contribution in [-0.4, -0.2) is 28.0 Å².